The number of hydrogen-bond donors (Lipinski definition) is 1. The van der Waals surface area contributed by atoms with E-state index in [-0.39, 0.29) is 16.7 Å². The molecule has 3 aliphatic carbocycles. The molecule has 6 heteroatoms. The summed E-state index contributed by atoms with van der Waals surface area (Å²) in [6.45, 7) is 6.29. The third kappa shape index (κ3) is 3.20. The molecule has 1 heterocycles. The zero-order chi connectivity index (χ0) is 20.2. The Morgan fingerprint density at radius 1 is 1.24 bits per heavy atom. The molecule has 1 saturated heterocycles. The van der Waals surface area contributed by atoms with Crippen LogP contribution >= 0.6 is 0 Å². The maximum absolute atomic E-state index is 11.7. The highest BCUT2D eigenvalue weighted by Crippen LogP contribution is 2.66. The Morgan fingerprint density at radius 2 is 2.03 bits per heavy atom. The summed E-state index contributed by atoms with van der Waals surface area (Å²) in [7, 11) is 2.15. The Morgan fingerprint density at radius 3 is 2.76 bits per heavy atom. The van der Waals surface area contributed by atoms with Gasteiger partial charge in [0.2, 0.25) is 0 Å². The van der Waals surface area contributed by atoms with Gasteiger partial charge in [0.1, 0.15) is 5.69 Å². The van der Waals surface area contributed by atoms with Crippen molar-refractivity contribution in [3.63, 3.8) is 0 Å². The summed E-state index contributed by atoms with van der Waals surface area (Å²) in [5.41, 5.74) is 2.36. The van der Waals surface area contributed by atoms with Gasteiger partial charge in [0.25, 0.3) is 5.69 Å². The zero-order valence-electron chi connectivity index (χ0n) is 17.8. The van der Waals surface area contributed by atoms with E-state index in [1.165, 1.54) is 38.5 Å². The fraction of sp³-hybridized carbons (Fsp3) is 0.739. The second-order valence-corrected chi connectivity index (χ2v) is 10.1. The van der Waals surface area contributed by atoms with Crippen molar-refractivity contribution in [2.75, 3.05) is 43.4 Å². The quantitative estimate of drug-likeness (QED) is 0.590. The van der Waals surface area contributed by atoms with E-state index in [9.17, 15) is 10.1 Å². The SMILES string of the molecule is C[C@H](Nc1cc(N2CCN(C)CC2)ccc1[N+](=O)[O-])[C@]12CCC[C@@H]3C[C@H](C[C@@H]31)C2. The highest BCUT2D eigenvalue weighted by molar-refractivity contribution is 5.69. The maximum atomic E-state index is 11.7. The minimum absolute atomic E-state index is 0.210. The predicted molar refractivity (Wildman–Crippen MR) is 116 cm³/mol. The van der Waals surface area contributed by atoms with Crippen LogP contribution in [0.2, 0.25) is 0 Å². The molecule has 6 nitrogen and oxygen atoms in total. The molecule has 1 N–H and O–H groups in total. The number of piperazine rings is 1. The van der Waals surface area contributed by atoms with E-state index < -0.39 is 0 Å². The van der Waals surface area contributed by atoms with E-state index >= 15 is 0 Å². The van der Waals surface area contributed by atoms with E-state index in [0.717, 1.165) is 49.6 Å². The van der Waals surface area contributed by atoms with Crippen molar-refractivity contribution in [2.24, 2.45) is 23.2 Å². The van der Waals surface area contributed by atoms with Crippen LogP contribution in [0.5, 0.6) is 0 Å². The molecule has 5 rings (SSSR count). The lowest BCUT2D eigenvalue weighted by atomic mass is 9.58. The van der Waals surface area contributed by atoms with Crippen molar-refractivity contribution in [3.05, 3.63) is 28.3 Å². The van der Waals surface area contributed by atoms with Crippen LogP contribution in [0.3, 0.4) is 0 Å². The molecule has 3 saturated carbocycles. The van der Waals surface area contributed by atoms with E-state index in [1.54, 1.807) is 6.07 Å². The summed E-state index contributed by atoms with van der Waals surface area (Å²) in [5.74, 6) is 2.61. The van der Waals surface area contributed by atoms with E-state index in [1.807, 2.05) is 12.1 Å². The normalized spacial score (nSPS) is 35.0. The third-order valence-corrected chi connectivity index (χ3v) is 8.70. The molecular weight excluding hydrogens is 364 g/mol. The second kappa shape index (κ2) is 7.15. The number of likely N-dealkylation sites (N-methyl/N-ethyl adjacent to an activating group) is 1. The Bertz CT molecular complexity index is 791. The van der Waals surface area contributed by atoms with Crippen molar-refractivity contribution in [1.29, 1.82) is 0 Å². The number of nitro benzene ring substituents is 1. The van der Waals surface area contributed by atoms with Gasteiger partial charge in [-0.05, 0) is 75.0 Å². The number of nitrogens with one attached hydrogen (secondary N) is 1. The van der Waals surface area contributed by atoms with Crippen LogP contribution in [0.1, 0.15) is 45.4 Å². The van der Waals surface area contributed by atoms with Gasteiger partial charge >= 0.3 is 0 Å². The number of nitro groups is 1. The topological polar surface area (TPSA) is 61.6 Å². The Kier molecular flexibility index (Phi) is 4.72. The first-order valence-corrected chi connectivity index (χ1v) is 11.4. The summed E-state index contributed by atoms with van der Waals surface area (Å²) in [6, 6.07) is 5.93. The number of rotatable bonds is 5. The molecule has 5 atom stereocenters. The minimum atomic E-state index is -0.231. The van der Waals surface area contributed by atoms with Crippen LogP contribution in [-0.2, 0) is 0 Å². The van der Waals surface area contributed by atoms with Gasteiger partial charge in [-0.2, -0.15) is 0 Å². The molecule has 0 radical (unpaired) electrons. The Balaban J connectivity index is 1.41. The van der Waals surface area contributed by atoms with Gasteiger partial charge in [-0.25, -0.2) is 0 Å². The molecule has 0 unspecified atom stereocenters. The maximum Gasteiger partial charge on any atom is 0.292 e. The molecule has 29 heavy (non-hydrogen) atoms. The van der Waals surface area contributed by atoms with Crippen LogP contribution in [0.4, 0.5) is 17.1 Å². The number of nitrogens with zero attached hydrogens (tertiary/aromatic N) is 3. The number of anilines is 2. The monoisotopic (exact) mass is 398 g/mol. The minimum Gasteiger partial charge on any atom is -0.376 e. The van der Waals surface area contributed by atoms with Gasteiger partial charge in [0.15, 0.2) is 0 Å². The van der Waals surface area contributed by atoms with Crippen molar-refractivity contribution < 1.29 is 4.92 Å². The summed E-state index contributed by atoms with van der Waals surface area (Å²) in [4.78, 5) is 16.2. The first kappa shape index (κ1) is 19.2. The smallest absolute Gasteiger partial charge is 0.292 e. The molecular formula is C23H34N4O2. The standard InChI is InChI=1S/C23H34N4O2/c1-16(23-7-3-4-18-12-17(15-23)13-20(18)23)24-21-14-19(5-6-22(21)27(28)29)26-10-8-25(2)9-11-26/h5-6,14,16-18,20,24H,3-4,7-13,15H2,1-2H3/t16-,17+,18+,20-,23+/m0/s1. The average Bonchev–Trinajstić information content (AvgIpc) is 3.28. The van der Waals surface area contributed by atoms with Crippen LogP contribution in [0.25, 0.3) is 0 Å². The summed E-state index contributed by atoms with van der Waals surface area (Å²) in [5, 5.41) is 15.4. The molecule has 1 aliphatic heterocycles. The average molecular weight is 399 g/mol. The molecule has 2 bridgehead atoms. The highest BCUT2D eigenvalue weighted by Gasteiger charge is 2.59. The Hall–Kier alpha value is -1.82. The molecule has 158 valence electrons. The largest absolute Gasteiger partial charge is 0.376 e. The first-order chi connectivity index (χ1) is 14.0. The van der Waals surface area contributed by atoms with Gasteiger partial charge in [-0.3, -0.25) is 10.1 Å². The van der Waals surface area contributed by atoms with Crippen molar-refractivity contribution in [2.45, 2.75) is 51.5 Å². The van der Waals surface area contributed by atoms with Gasteiger partial charge in [0.05, 0.1) is 4.92 Å². The summed E-state index contributed by atoms with van der Waals surface area (Å²) < 4.78 is 0. The van der Waals surface area contributed by atoms with E-state index in [0.29, 0.717) is 11.1 Å². The third-order valence-electron chi connectivity index (χ3n) is 8.70. The van der Waals surface area contributed by atoms with E-state index in [4.69, 9.17) is 0 Å². The molecule has 4 fully saturated rings. The lowest BCUT2D eigenvalue weighted by Gasteiger charge is -2.50. The lowest BCUT2D eigenvalue weighted by Crippen LogP contribution is -2.47. The van der Waals surface area contributed by atoms with Crippen LogP contribution < -0.4 is 10.2 Å². The first-order valence-electron chi connectivity index (χ1n) is 11.4. The van der Waals surface area contributed by atoms with Gasteiger partial charge in [-0.15, -0.1) is 0 Å². The number of hydrogen-bond acceptors (Lipinski definition) is 5. The molecule has 0 aromatic heterocycles. The van der Waals surface area contributed by atoms with Crippen LogP contribution in [-0.4, -0.2) is 49.1 Å². The number of benzene rings is 1. The van der Waals surface area contributed by atoms with Gasteiger partial charge in [-0.1, -0.05) is 12.8 Å². The predicted octanol–water partition coefficient (Wildman–Crippen LogP) is 4.36. The van der Waals surface area contributed by atoms with Crippen LogP contribution in [0.15, 0.2) is 18.2 Å². The van der Waals surface area contributed by atoms with E-state index in [2.05, 4.69) is 29.1 Å². The van der Waals surface area contributed by atoms with Gasteiger partial charge in [0, 0.05) is 44.0 Å². The summed E-state index contributed by atoms with van der Waals surface area (Å²) >= 11 is 0. The van der Waals surface area contributed by atoms with Crippen LogP contribution in [0, 0.1) is 33.3 Å². The fourth-order valence-corrected chi connectivity index (χ4v) is 7.25. The summed E-state index contributed by atoms with van der Waals surface area (Å²) in [6.07, 6.45) is 8.13. The highest BCUT2D eigenvalue weighted by atomic mass is 16.6. The second-order valence-electron chi connectivity index (χ2n) is 10.1. The molecule has 0 spiro atoms. The van der Waals surface area contributed by atoms with Crippen molar-refractivity contribution in [1.82, 2.24) is 4.90 Å². The number of fused-ring (bicyclic) bond motifs is 1. The molecule has 1 aromatic rings. The van der Waals surface area contributed by atoms with Crippen molar-refractivity contribution in [3.8, 4) is 0 Å². The Labute approximate surface area is 173 Å². The fourth-order valence-electron chi connectivity index (χ4n) is 7.25. The van der Waals surface area contributed by atoms with Crippen molar-refractivity contribution >= 4 is 17.1 Å². The van der Waals surface area contributed by atoms with Gasteiger partial charge < -0.3 is 15.1 Å². The zero-order valence-corrected chi connectivity index (χ0v) is 17.8. The molecule has 0 amide bonds. The lowest BCUT2D eigenvalue weighted by molar-refractivity contribution is -0.384. The molecule has 4 aliphatic rings. The molecule has 1 aromatic carbocycles.